The fourth-order valence-corrected chi connectivity index (χ4v) is 3.32. The molecule has 0 saturated heterocycles. The number of hydrogen-bond acceptors (Lipinski definition) is 4. The van der Waals surface area contributed by atoms with Crippen LogP contribution in [0.25, 0.3) is 0 Å². The van der Waals surface area contributed by atoms with Crippen LogP contribution in [-0.4, -0.2) is 33.5 Å². The molecule has 22 heavy (non-hydrogen) atoms. The molecular formula is C18H34O4. The number of hydrogen-bond donors (Lipinski definition) is 2. The Labute approximate surface area is 135 Å². The van der Waals surface area contributed by atoms with Gasteiger partial charge in [-0.2, -0.15) is 0 Å². The molecule has 1 saturated carbocycles. The topological polar surface area (TPSA) is 66.8 Å². The molecule has 0 aromatic carbocycles. The maximum atomic E-state index is 12.3. The molecule has 2 N–H and O–H groups in total. The van der Waals surface area contributed by atoms with E-state index in [0.29, 0.717) is 6.42 Å². The normalized spacial score (nSPS) is 27.6. The minimum Gasteiger partial charge on any atom is -0.462 e. The van der Waals surface area contributed by atoms with E-state index in [9.17, 15) is 15.0 Å². The van der Waals surface area contributed by atoms with Gasteiger partial charge in [-0.1, -0.05) is 6.92 Å². The summed E-state index contributed by atoms with van der Waals surface area (Å²) in [6.07, 6.45) is 2.66. The van der Waals surface area contributed by atoms with Crippen molar-refractivity contribution in [2.24, 2.45) is 17.3 Å². The zero-order valence-electron chi connectivity index (χ0n) is 15.3. The van der Waals surface area contributed by atoms with Gasteiger partial charge in [0.2, 0.25) is 0 Å². The van der Waals surface area contributed by atoms with Gasteiger partial charge in [-0.15, -0.1) is 0 Å². The average Bonchev–Trinajstić information content (AvgIpc) is 2.36. The molecule has 0 radical (unpaired) electrons. The Morgan fingerprint density at radius 3 is 1.91 bits per heavy atom. The Hall–Kier alpha value is -0.610. The Bertz CT molecular complexity index is 387. The van der Waals surface area contributed by atoms with E-state index < -0.39 is 16.6 Å². The van der Waals surface area contributed by atoms with Crippen LogP contribution in [-0.2, 0) is 9.53 Å². The van der Waals surface area contributed by atoms with Crippen LogP contribution in [0.4, 0.5) is 0 Å². The molecule has 4 nitrogen and oxygen atoms in total. The number of carbonyl (C=O) groups excluding carboxylic acids is 1. The first-order chi connectivity index (χ1) is 9.79. The highest BCUT2D eigenvalue weighted by atomic mass is 16.5. The molecule has 0 aromatic heterocycles. The van der Waals surface area contributed by atoms with Crippen molar-refractivity contribution in [1.29, 1.82) is 0 Å². The number of esters is 1. The Morgan fingerprint density at radius 2 is 1.50 bits per heavy atom. The van der Waals surface area contributed by atoms with Crippen LogP contribution in [0, 0.1) is 17.3 Å². The zero-order valence-corrected chi connectivity index (χ0v) is 15.3. The summed E-state index contributed by atoms with van der Waals surface area (Å²) in [7, 11) is 0. The van der Waals surface area contributed by atoms with E-state index >= 15 is 0 Å². The highest BCUT2D eigenvalue weighted by Crippen LogP contribution is 2.43. The smallest absolute Gasteiger partial charge is 0.311 e. The van der Waals surface area contributed by atoms with Crippen molar-refractivity contribution in [1.82, 2.24) is 0 Å². The van der Waals surface area contributed by atoms with Gasteiger partial charge in [0.1, 0.15) is 6.10 Å². The van der Waals surface area contributed by atoms with Crippen molar-refractivity contribution in [2.75, 3.05) is 0 Å². The maximum absolute atomic E-state index is 12.3. The standard InChI is InChI=1S/C18H34O4/c1-8-16(2,3)15(19)22-12-9-10-13(17(4,5)20)14(11-12)18(6,7)21/h12-14,20-21H,8-11H2,1-7H3. The quantitative estimate of drug-likeness (QED) is 0.764. The first-order valence-electron chi connectivity index (χ1n) is 8.45. The van der Waals surface area contributed by atoms with Gasteiger partial charge >= 0.3 is 5.97 Å². The second kappa shape index (κ2) is 6.48. The summed E-state index contributed by atoms with van der Waals surface area (Å²) < 4.78 is 5.70. The van der Waals surface area contributed by atoms with Crippen molar-refractivity contribution >= 4 is 5.97 Å². The van der Waals surface area contributed by atoms with Crippen LogP contribution in [0.2, 0.25) is 0 Å². The fraction of sp³-hybridized carbons (Fsp3) is 0.944. The Balaban J connectivity index is 2.83. The van der Waals surface area contributed by atoms with E-state index in [1.165, 1.54) is 0 Å². The monoisotopic (exact) mass is 314 g/mol. The van der Waals surface area contributed by atoms with E-state index in [1.54, 1.807) is 27.7 Å². The lowest BCUT2D eigenvalue weighted by Gasteiger charge is -2.46. The summed E-state index contributed by atoms with van der Waals surface area (Å²) in [6.45, 7) is 12.9. The van der Waals surface area contributed by atoms with Crippen LogP contribution in [0.1, 0.15) is 74.1 Å². The van der Waals surface area contributed by atoms with Crippen LogP contribution >= 0.6 is 0 Å². The Morgan fingerprint density at radius 1 is 1.00 bits per heavy atom. The predicted octanol–water partition coefficient (Wildman–Crippen LogP) is 3.29. The third kappa shape index (κ3) is 4.69. The number of aliphatic hydroxyl groups is 2. The number of rotatable bonds is 5. The Kier molecular flexibility index (Phi) is 5.73. The largest absolute Gasteiger partial charge is 0.462 e. The summed E-state index contributed by atoms with van der Waals surface area (Å²) in [6, 6.07) is 0. The molecule has 0 amide bonds. The van der Waals surface area contributed by atoms with E-state index in [4.69, 9.17) is 4.74 Å². The lowest BCUT2D eigenvalue weighted by molar-refractivity contribution is -0.170. The van der Waals surface area contributed by atoms with Crippen LogP contribution in [0.3, 0.4) is 0 Å². The van der Waals surface area contributed by atoms with Gasteiger partial charge in [-0.05, 0) is 79.1 Å². The molecular weight excluding hydrogens is 280 g/mol. The number of carbonyl (C=O) groups is 1. The summed E-state index contributed by atoms with van der Waals surface area (Å²) in [5.74, 6) is -0.262. The molecule has 0 heterocycles. The van der Waals surface area contributed by atoms with Crippen molar-refractivity contribution < 1.29 is 19.7 Å². The molecule has 0 spiro atoms. The molecule has 3 atom stereocenters. The van der Waals surface area contributed by atoms with Gasteiger partial charge in [0, 0.05) is 0 Å². The zero-order chi connectivity index (χ0) is 17.3. The molecule has 1 aliphatic rings. The lowest BCUT2D eigenvalue weighted by atomic mass is 9.65. The average molecular weight is 314 g/mol. The molecule has 0 aliphatic heterocycles. The third-order valence-electron chi connectivity index (χ3n) is 5.33. The second-order valence-corrected chi connectivity index (χ2v) is 8.60. The van der Waals surface area contributed by atoms with E-state index in [-0.39, 0.29) is 23.9 Å². The van der Waals surface area contributed by atoms with Crippen LogP contribution in [0.15, 0.2) is 0 Å². The van der Waals surface area contributed by atoms with Gasteiger partial charge in [-0.3, -0.25) is 4.79 Å². The second-order valence-electron chi connectivity index (χ2n) is 8.60. The van der Waals surface area contributed by atoms with Crippen molar-refractivity contribution in [2.45, 2.75) is 91.5 Å². The van der Waals surface area contributed by atoms with E-state index in [0.717, 1.165) is 19.3 Å². The molecule has 0 bridgehead atoms. The molecule has 0 aromatic rings. The van der Waals surface area contributed by atoms with E-state index in [2.05, 4.69) is 0 Å². The summed E-state index contributed by atoms with van der Waals surface area (Å²) in [5.41, 5.74) is -2.23. The first kappa shape index (κ1) is 19.4. The van der Waals surface area contributed by atoms with Gasteiger partial charge < -0.3 is 14.9 Å². The predicted molar refractivity (Wildman–Crippen MR) is 87.4 cm³/mol. The van der Waals surface area contributed by atoms with Crippen LogP contribution < -0.4 is 0 Å². The first-order valence-corrected chi connectivity index (χ1v) is 8.45. The van der Waals surface area contributed by atoms with Gasteiger partial charge in [0.25, 0.3) is 0 Å². The summed E-state index contributed by atoms with van der Waals surface area (Å²) >= 11 is 0. The molecule has 4 heteroatoms. The van der Waals surface area contributed by atoms with Crippen LogP contribution in [0.5, 0.6) is 0 Å². The maximum Gasteiger partial charge on any atom is 0.311 e. The number of ether oxygens (including phenoxy) is 1. The highest BCUT2D eigenvalue weighted by molar-refractivity contribution is 5.76. The minimum absolute atomic E-state index is 0.00152. The van der Waals surface area contributed by atoms with E-state index in [1.807, 2.05) is 20.8 Å². The van der Waals surface area contributed by atoms with Gasteiger partial charge in [0.15, 0.2) is 0 Å². The SMILES string of the molecule is CCC(C)(C)C(=O)OC1CCC(C(C)(C)O)C(C(C)(C)O)C1. The fourth-order valence-electron chi connectivity index (χ4n) is 3.32. The lowest BCUT2D eigenvalue weighted by Crippen LogP contribution is -2.50. The van der Waals surface area contributed by atoms with Crippen molar-refractivity contribution in [3.8, 4) is 0 Å². The van der Waals surface area contributed by atoms with Gasteiger partial charge in [-0.25, -0.2) is 0 Å². The molecule has 1 rings (SSSR count). The third-order valence-corrected chi connectivity index (χ3v) is 5.33. The molecule has 3 unspecified atom stereocenters. The molecule has 1 fully saturated rings. The van der Waals surface area contributed by atoms with Gasteiger partial charge in [0.05, 0.1) is 16.6 Å². The summed E-state index contributed by atoms with van der Waals surface area (Å²) in [4.78, 5) is 12.3. The van der Waals surface area contributed by atoms with Crippen molar-refractivity contribution in [3.63, 3.8) is 0 Å². The molecule has 130 valence electrons. The summed E-state index contributed by atoms with van der Waals surface area (Å²) in [5, 5.41) is 20.9. The van der Waals surface area contributed by atoms with Crippen molar-refractivity contribution in [3.05, 3.63) is 0 Å². The minimum atomic E-state index is -0.907. The highest BCUT2D eigenvalue weighted by Gasteiger charge is 2.46. The molecule has 1 aliphatic carbocycles.